The molecule has 0 radical (unpaired) electrons. The van der Waals surface area contributed by atoms with Crippen LogP contribution in [0.3, 0.4) is 0 Å². The van der Waals surface area contributed by atoms with Gasteiger partial charge in [-0.1, -0.05) is 18.2 Å². The van der Waals surface area contributed by atoms with Crippen LogP contribution in [0.4, 0.5) is 17.3 Å². The molecule has 1 atom stereocenters. The van der Waals surface area contributed by atoms with Gasteiger partial charge in [-0.15, -0.1) is 0 Å². The number of aromatic nitrogens is 3. The second-order valence-corrected chi connectivity index (χ2v) is 10.0. The highest BCUT2D eigenvalue weighted by Gasteiger charge is 2.30. The van der Waals surface area contributed by atoms with Crippen LogP contribution in [-0.4, -0.2) is 40.2 Å². The number of nitrogens with zero attached hydrogens (tertiary/aromatic N) is 5. The van der Waals surface area contributed by atoms with E-state index in [1.54, 1.807) is 0 Å². The quantitative estimate of drug-likeness (QED) is 0.706. The summed E-state index contributed by atoms with van der Waals surface area (Å²) in [6.45, 7) is 11.2. The van der Waals surface area contributed by atoms with Crippen molar-refractivity contribution in [3.8, 4) is 11.9 Å². The molecule has 2 aliphatic heterocycles. The van der Waals surface area contributed by atoms with E-state index in [0.717, 1.165) is 54.1 Å². The topological polar surface area (TPSA) is 99.0 Å². The molecule has 8 heteroatoms. The highest BCUT2D eigenvalue weighted by atomic mass is 16.5. The normalized spacial score (nSPS) is 21.4. The van der Waals surface area contributed by atoms with E-state index in [1.807, 2.05) is 32.3 Å². The first-order chi connectivity index (χ1) is 16.3. The van der Waals surface area contributed by atoms with Crippen LogP contribution in [0.2, 0.25) is 0 Å². The van der Waals surface area contributed by atoms with Gasteiger partial charge in [0.1, 0.15) is 12.3 Å². The summed E-state index contributed by atoms with van der Waals surface area (Å²) in [6.07, 6.45) is 11.8. The van der Waals surface area contributed by atoms with Crippen LogP contribution in [0.1, 0.15) is 44.0 Å². The van der Waals surface area contributed by atoms with Crippen molar-refractivity contribution in [1.29, 1.82) is 5.26 Å². The van der Waals surface area contributed by atoms with E-state index in [9.17, 15) is 5.26 Å². The first kappa shape index (κ1) is 22.2. The first-order valence-corrected chi connectivity index (χ1v) is 11.8. The third-order valence-corrected chi connectivity index (χ3v) is 6.98. The molecule has 4 heterocycles. The molecule has 0 amide bonds. The Hall–Kier alpha value is -3.60. The summed E-state index contributed by atoms with van der Waals surface area (Å²) < 4.78 is 5.69. The number of hydrogen-bond acceptors (Lipinski definition) is 8. The maximum Gasteiger partial charge on any atom is 0.237 e. The Labute approximate surface area is 200 Å². The predicted octanol–water partition coefficient (Wildman–Crippen LogP) is 4.15. The zero-order valence-corrected chi connectivity index (χ0v) is 20.3. The van der Waals surface area contributed by atoms with Crippen molar-refractivity contribution in [2.75, 3.05) is 35.2 Å². The van der Waals surface area contributed by atoms with Gasteiger partial charge in [-0.05, 0) is 51.7 Å². The Bertz CT molecular complexity index is 1230. The molecule has 2 N–H and O–H groups in total. The van der Waals surface area contributed by atoms with Crippen LogP contribution >= 0.6 is 0 Å². The predicted molar refractivity (Wildman–Crippen MR) is 133 cm³/mol. The van der Waals surface area contributed by atoms with Crippen molar-refractivity contribution in [1.82, 2.24) is 15.0 Å². The number of fused-ring (bicyclic) bond motifs is 2. The van der Waals surface area contributed by atoms with E-state index in [2.05, 4.69) is 57.6 Å². The minimum Gasteiger partial charge on any atom is -0.474 e. The van der Waals surface area contributed by atoms with Crippen molar-refractivity contribution in [2.45, 2.75) is 52.6 Å². The highest BCUT2D eigenvalue weighted by Crippen LogP contribution is 2.37. The lowest BCUT2D eigenvalue weighted by Gasteiger charge is -2.34. The minimum atomic E-state index is -0.491. The zero-order valence-electron chi connectivity index (χ0n) is 20.3. The van der Waals surface area contributed by atoms with Gasteiger partial charge in [-0.3, -0.25) is 0 Å². The summed E-state index contributed by atoms with van der Waals surface area (Å²) >= 11 is 0. The maximum atomic E-state index is 9.43. The van der Waals surface area contributed by atoms with Crippen LogP contribution < -0.4 is 20.3 Å². The molecule has 0 saturated carbocycles. The van der Waals surface area contributed by atoms with Crippen molar-refractivity contribution < 1.29 is 4.74 Å². The maximum absolute atomic E-state index is 9.43. The van der Waals surface area contributed by atoms with Gasteiger partial charge >= 0.3 is 0 Å². The summed E-state index contributed by atoms with van der Waals surface area (Å²) in [5.74, 6) is 1.31. The van der Waals surface area contributed by atoms with Gasteiger partial charge in [0.2, 0.25) is 11.8 Å². The molecular formula is C26H31N7O. The van der Waals surface area contributed by atoms with E-state index in [4.69, 9.17) is 9.72 Å². The van der Waals surface area contributed by atoms with Crippen LogP contribution in [-0.2, 0) is 13.0 Å². The smallest absolute Gasteiger partial charge is 0.237 e. The van der Waals surface area contributed by atoms with E-state index in [0.29, 0.717) is 25.0 Å². The van der Waals surface area contributed by atoms with E-state index >= 15 is 0 Å². The Morgan fingerprint density at radius 3 is 2.91 bits per heavy atom. The van der Waals surface area contributed by atoms with Gasteiger partial charge in [0, 0.05) is 24.8 Å². The molecule has 3 aliphatic rings. The van der Waals surface area contributed by atoms with Gasteiger partial charge < -0.3 is 20.3 Å². The van der Waals surface area contributed by atoms with Gasteiger partial charge in [-0.2, -0.15) is 5.26 Å². The number of pyridine rings is 1. The lowest BCUT2D eigenvalue weighted by atomic mass is 9.79. The number of ether oxygens (including phenoxy) is 1. The van der Waals surface area contributed by atoms with E-state index < -0.39 is 5.41 Å². The fourth-order valence-corrected chi connectivity index (χ4v) is 4.71. The highest BCUT2D eigenvalue weighted by molar-refractivity contribution is 5.70. The van der Waals surface area contributed by atoms with Crippen LogP contribution in [0.15, 0.2) is 36.2 Å². The number of anilines is 3. The van der Waals surface area contributed by atoms with Gasteiger partial charge in [0.05, 0.1) is 41.1 Å². The Kier molecular flexibility index (Phi) is 5.43. The fourth-order valence-electron chi connectivity index (χ4n) is 4.71. The standard InChI is InChI=1S/C26H31N7O/c1-17-21(14-29-23-22(17)28-10-12-34-23)33-11-7-18-13-30-24(31-20(18)15-33)32-26(4)8-5-19(6-9-26)25(2,3)16-27/h5-6,8,13-14,28H,7,9-12,15H2,1-4H3,(H,30,31,32). The number of rotatable bonds is 4. The lowest BCUT2D eigenvalue weighted by Crippen LogP contribution is -2.36. The molecule has 34 heavy (non-hydrogen) atoms. The number of nitriles is 1. The molecule has 5 rings (SSSR count). The summed E-state index contributed by atoms with van der Waals surface area (Å²) in [7, 11) is 0. The summed E-state index contributed by atoms with van der Waals surface area (Å²) in [5.41, 5.74) is 5.73. The zero-order chi connectivity index (χ0) is 23.9. The van der Waals surface area contributed by atoms with Crippen molar-refractivity contribution >= 4 is 17.3 Å². The van der Waals surface area contributed by atoms with Crippen LogP contribution in [0.25, 0.3) is 0 Å². The molecule has 0 fully saturated rings. The number of hydrogen-bond donors (Lipinski definition) is 2. The molecule has 0 saturated heterocycles. The van der Waals surface area contributed by atoms with Gasteiger partial charge in [0.25, 0.3) is 0 Å². The van der Waals surface area contributed by atoms with Gasteiger partial charge in [-0.25, -0.2) is 15.0 Å². The van der Waals surface area contributed by atoms with Crippen molar-refractivity contribution in [2.24, 2.45) is 5.41 Å². The first-order valence-electron chi connectivity index (χ1n) is 11.8. The summed E-state index contributed by atoms with van der Waals surface area (Å²) in [5, 5.41) is 16.4. The van der Waals surface area contributed by atoms with Gasteiger partial charge in [0.15, 0.2) is 0 Å². The molecule has 2 aromatic heterocycles. The van der Waals surface area contributed by atoms with Crippen molar-refractivity contribution in [3.63, 3.8) is 0 Å². The summed E-state index contributed by atoms with van der Waals surface area (Å²) in [6, 6.07) is 2.38. The van der Waals surface area contributed by atoms with Crippen LogP contribution in [0.5, 0.6) is 5.88 Å². The largest absolute Gasteiger partial charge is 0.474 e. The fraction of sp³-hybridized carbons (Fsp3) is 0.462. The average molecular weight is 458 g/mol. The molecule has 1 unspecified atom stereocenters. The third kappa shape index (κ3) is 4.07. The van der Waals surface area contributed by atoms with E-state index in [-0.39, 0.29) is 5.54 Å². The van der Waals surface area contributed by atoms with Crippen molar-refractivity contribution in [3.05, 3.63) is 53.0 Å². The van der Waals surface area contributed by atoms with Crippen LogP contribution in [0, 0.1) is 23.7 Å². The summed E-state index contributed by atoms with van der Waals surface area (Å²) in [4.78, 5) is 16.4. The molecule has 0 aromatic carbocycles. The molecule has 2 aromatic rings. The molecule has 176 valence electrons. The third-order valence-electron chi connectivity index (χ3n) is 6.98. The SMILES string of the molecule is Cc1c(N2CCc3cnc(NC4(C)C=CC(C(C)(C)C#N)=CC4)nc3C2)cnc2c1NCCO2. The molecule has 0 spiro atoms. The average Bonchev–Trinajstić information content (AvgIpc) is 2.84. The second-order valence-electron chi connectivity index (χ2n) is 10.0. The Morgan fingerprint density at radius 1 is 1.29 bits per heavy atom. The minimum absolute atomic E-state index is 0.303. The molecular weight excluding hydrogens is 426 g/mol. The molecule has 8 nitrogen and oxygen atoms in total. The Balaban J connectivity index is 1.33. The van der Waals surface area contributed by atoms with E-state index in [1.165, 1.54) is 5.56 Å². The number of nitrogens with one attached hydrogen (secondary N) is 2. The Morgan fingerprint density at radius 2 is 2.15 bits per heavy atom. The molecule has 1 aliphatic carbocycles. The second kappa shape index (κ2) is 8.32. The monoisotopic (exact) mass is 457 g/mol. The lowest BCUT2D eigenvalue weighted by molar-refractivity contribution is 0.310. The number of allylic oxidation sites excluding steroid dienone is 2. The molecule has 0 bridgehead atoms.